The van der Waals surface area contributed by atoms with E-state index >= 15 is 0 Å². The number of nitrogens with zero attached hydrogens (tertiary/aromatic N) is 2. The molecule has 49 valence electrons. The average Bonchev–Trinajstić information content (AvgIpc) is 2.36. The Kier molecular flexibility index (Phi) is 1.14. The summed E-state index contributed by atoms with van der Waals surface area (Å²) in [5.41, 5.74) is 0.754. The minimum absolute atomic E-state index is 0.656. The number of pyridine rings is 1. The minimum Gasteiger partial charge on any atom is -0.305 e. The monoisotopic (exact) mass is 151 g/mol. The van der Waals surface area contributed by atoms with Gasteiger partial charge in [0.25, 0.3) is 0 Å². The van der Waals surface area contributed by atoms with Crippen LogP contribution in [0.4, 0.5) is 0 Å². The van der Waals surface area contributed by atoms with Gasteiger partial charge in [0.2, 0.25) is 0 Å². The first-order valence-electron chi connectivity index (χ1n) is 2.87. The lowest BCUT2D eigenvalue weighted by Crippen LogP contribution is -1.80. The highest BCUT2D eigenvalue weighted by atomic mass is 35.5. The predicted molar refractivity (Wildman–Crippen MR) is 39.0 cm³/mol. The van der Waals surface area contributed by atoms with Crippen molar-refractivity contribution in [2.24, 2.45) is 0 Å². The molecule has 1 radical (unpaired) electrons. The summed E-state index contributed by atoms with van der Waals surface area (Å²) in [4.78, 5) is 3.92. The Morgan fingerprint density at radius 2 is 2.50 bits per heavy atom. The Bertz CT molecular complexity index is 353. The van der Waals surface area contributed by atoms with Gasteiger partial charge in [-0.3, -0.25) is 0 Å². The van der Waals surface area contributed by atoms with Gasteiger partial charge in [0.05, 0.1) is 5.02 Å². The van der Waals surface area contributed by atoms with Gasteiger partial charge in [0, 0.05) is 12.4 Å². The van der Waals surface area contributed by atoms with Crippen molar-refractivity contribution >= 4 is 17.2 Å². The first kappa shape index (κ1) is 5.74. The molecule has 0 fully saturated rings. The number of hydrogen-bond donors (Lipinski definition) is 0. The zero-order valence-electron chi connectivity index (χ0n) is 5.08. The lowest BCUT2D eigenvalue weighted by molar-refractivity contribution is 1.19. The van der Waals surface area contributed by atoms with Gasteiger partial charge in [-0.1, -0.05) is 11.6 Å². The van der Waals surface area contributed by atoms with Crippen LogP contribution in [0, 0.1) is 6.20 Å². The fourth-order valence-corrected chi connectivity index (χ4v) is 1.07. The van der Waals surface area contributed by atoms with Crippen molar-refractivity contribution < 1.29 is 0 Å². The predicted octanol–water partition coefficient (Wildman–Crippen LogP) is 1.79. The second kappa shape index (κ2) is 1.99. The number of aromatic nitrogens is 2. The van der Waals surface area contributed by atoms with Crippen LogP contribution in [0.2, 0.25) is 5.02 Å². The van der Waals surface area contributed by atoms with Gasteiger partial charge in [-0.25, -0.2) is 4.98 Å². The molecular formula is C7H4ClN2. The van der Waals surface area contributed by atoms with Crippen molar-refractivity contribution in [1.29, 1.82) is 0 Å². The number of rotatable bonds is 0. The summed E-state index contributed by atoms with van der Waals surface area (Å²) in [6.45, 7) is 0. The highest BCUT2D eigenvalue weighted by Crippen LogP contribution is 2.13. The van der Waals surface area contributed by atoms with E-state index in [0.717, 1.165) is 5.65 Å². The molecular weight excluding hydrogens is 148 g/mol. The molecule has 10 heavy (non-hydrogen) atoms. The van der Waals surface area contributed by atoms with E-state index in [1.165, 1.54) is 0 Å². The third-order valence-electron chi connectivity index (χ3n) is 1.31. The molecule has 0 aliphatic rings. The Balaban J connectivity index is 2.95. The van der Waals surface area contributed by atoms with Gasteiger partial charge in [0.1, 0.15) is 6.20 Å². The molecule has 2 aromatic heterocycles. The molecule has 0 bridgehead atoms. The molecule has 3 heteroatoms. The Labute approximate surface area is 63.1 Å². The van der Waals surface area contributed by atoms with Crippen molar-refractivity contribution in [2.45, 2.75) is 0 Å². The molecule has 0 saturated carbocycles. The maximum Gasteiger partial charge on any atom is 0.156 e. The molecule has 0 atom stereocenters. The van der Waals surface area contributed by atoms with Crippen molar-refractivity contribution in [1.82, 2.24) is 9.38 Å². The van der Waals surface area contributed by atoms with Gasteiger partial charge >= 0.3 is 0 Å². The minimum atomic E-state index is 0.656. The Morgan fingerprint density at radius 1 is 1.60 bits per heavy atom. The zero-order chi connectivity index (χ0) is 6.97. The smallest absolute Gasteiger partial charge is 0.156 e. The molecule has 0 amide bonds. The van der Waals surface area contributed by atoms with Crippen LogP contribution in [0.15, 0.2) is 24.5 Å². The van der Waals surface area contributed by atoms with E-state index in [-0.39, 0.29) is 0 Å². The highest BCUT2D eigenvalue weighted by molar-refractivity contribution is 6.33. The number of halogens is 1. The first-order valence-corrected chi connectivity index (χ1v) is 3.25. The number of fused-ring (bicyclic) bond motifs is 1. The summed E-state index contributed by atoms with van der Waals surface area (Å²) in [5.74, 6) is 0. The SMILES string of the molecule is Clc1cccn2c[c]nc12. The van der Waals surface area contributed by atoms with E-state index in [4.69, 9.17) is 11.6 Å². The van der Waals surface area contributed by atoms with E-state index in [0.29, 0.717) is 5.02 Å². The summed E-state index contributed by atoms with van der Waals surface area (Å²) in [6.07, 6.45) is 6.32. The second-order valence-electron chi connectivity index (χ2n) is 1.96. The third-order valence-corrected chi connectivity index (χ3v) is 1.61. The summed E-state index contributed by atoms with van der Waals surface area (Å²) < 4.78 is 1.82. The van der Waals surface area contributed by atoms with Crippen LogP contribution in [-0.2, 0) is 0 Å². The van der Waals surface area contributed by atoms with Crippen LogP contribution >= 0.6 is 11.6 Å². The zero-order valence-corrected chi connectivity index (χ0v) is 5.84. The van der Waals surface area contributed by atoms with Crippen LogP contribution < -0.4 is 0 Å². The molecule has 2 nitrogen and oxygen atoms in total. The van der Waals surface area contributed by atoms with Gasteiger partial charge < -0.3 is 4.40 Å². The van der Waals surface area contributed by atoms with E-state index in [2.05, 4.69) is 11.2 Å². The maximum atomic E-state index is 5.80. The van der Waals surface area contributed by atoms with Crippen LogP contribution in [0.1, 0.15) is 0 Å². The van der Waals surface area contributed by atoms with Crippen molar-refractivity contribution in [3.8, 4) is 0 Å². The molecule has 0 spiro atoms. The lowest BCUT2D eigenvalue weighted by atomic mass is 10.5. The van der Waals surface area contributed by atoms with Crippen LogP contribution in [0.3, 0.4) is 0 Å². The lowest BCUT2D eigenvalue weighted by Gasteiger charge is -1.91. The average molecular weight is 152 g/mol. The van der Waals surface area contributed by atoms with E-state index in [1.807, 2.05) is 16.7 Å². The van der Waals surface area contributed by atoms with Gasteiger partial charge in [0.15, 0.2) is 5.65 Å². The van der Waals surface area contributed by atoms with E-state index in [9.17, 15) is 0 Å². The van der Waals surface area contributed by atoms with E-state index < -0.39 is 0 Å². The molecule has 0 aliphatic carbocycles. The number of hydrogen-bond acceptors (Lipinski definition) is 1. The second-order valence-corrected chi connectivity index (χ2v) is 2.36. The topological polar surface area (TPSA) is 17.3 Å². The molecule has 0 N–H and O–H groups in total. The largest absolute Gasteiger partial charge is 0.305 e. The van der Waals surface area contributed by atoms with Crippen LogP contribution in [-0.4, -0.2) is 9.38 Å². The maximum absolute atomic E-state index is 5.80. The van der Waals surface area contributed by atoms with Crippen molar-refractivity contribution in [3.05, 3.63) is 35.7 Å². The molecule has 2 aromatic rings. The normalized spacial score (nSPS) is 10.5. The summed E-state index contributed by atoms with van der Waals surface area (Å²) in [6, 6.07) is 3.67. The molecule has 2 rings (SSSR count). The Morgan fingerprint density at radius 3 is 3.30 bits per heavy atom. The van der Waals surface area contributed by atoms with Crippen LogP contribution in [0.5, 0.6) is 0 Å². The fourth-order valence-electron chi connectivity index (χ4n) is 0.856. The van der Waals surface area contributed by atoms with Gasteiger partial charge in [-0.15, -0.1) is 0 Å². The summed E-state index contributed by atoms with van der Waals surface area (Å²) in [5, 5.41) is 0.656. The van der Waals surface area contributed by atoms with Gasteiger partial charge in [-0.05, 0) is 12.1 Å². The molecule has 0 aliphatic heterocycles. The van der Waals surface area contributed by atoms with E-state index in [1.54, 1.807) is 12.3 Å². The molecule has 0 unspecified atom stereocenters. The molecule has 0 aromatic carbocycles. The quantitative estimate of drug-likeness (QED) is 0.561. The number of imidazole rings is 1. The molecule has 2 heterocycles. The Hall–Kier alpha value is -1.02. The summed E-state index contributed by atoms with van der Waals surface area (Å²) in [7, 11) is 0. The third kappa shape index (κ3) is 0.693. The fraction of sp³-hybridized carbons (Fsp3) is 0. The molecule has 0 saturated heterocycles. The van der Waals surface area contributed by atoms with Gasteiger partial charge in [-0.2, -0.15) is 0 Å². The standard InChI is InChI=1S/C7H4ClN2/c8-6-2-1-4-10-5-3-9-7(6)10/h1-2,4-5H. The van der Waals surface area contributed by atoms with Crippen molar-refractivity contribution in [3.63, 3.8) is 0 Å². The summed E-state index contributed by atoms with van der Waals surface area (Å²) >= 11 is 5.80. The first-order chi connectivity index (χ1) is 4.88. The van der Waals surface area contributed by atoms with Crippen LogP contribution in [0.25, 0.3) is 5.65 Å². The highest BCUT2D eigenvalue weighted by Gasteiger charge is 1.96. The van der Waals surface area contributed by atoms with Crippen molar-refractivity contribution in [2.75, 3.05) is 0 Å².